The van der Waals surface area contributed by atoms with Crippen LogP contribution in [0.3, 0.4) is 0 Å². The summed E-state index contributed by atoms with van der Waals surface area (Å²) in [5.74, 6) is 0.415. The van der Waals surface area contributed by atoms with E-state index in [1.54, 1.807) is 16.7 Å². The van der Waals surface area contributed by atoms with Gasteiger partial charge in [-0.2, -0.15) is 10.2 Å². The molecule has 40 heavy (non-hydrogen) atoms. The average molecular weight is 553 g/mol. The van der Waals surface area contributed by atoms with E-state index in [0.29, 0.717) is 33.3 Å². The lowest BCUT2D eigenvalue weighted by Crippen LogP contribution is -2.26. The molecule has 5 aromatic rings. The van der Waals surface area contributed by atoms with Crippen molar-refractivity contribution in [3.05, 3.63) is 101 Å². The Bertz CT molecular complexity index is 1950. The first-order valence-corrected chi connectivity index (χ1v) is 14.0. The van der Waals surface area contributed by atoms with Gasteiger partial charge in [0.1, 0.15) is 23.3 Å². The lowest BCUT2D eigenvalue weighted by Gasteiger charge is -2.22. The number of hydrogen-bond acceptors (Lipinski definition) is 9. The Morgan fingerprint density at radius 2 is 1.82 bits per heavy atom. The quantitative estimate of drug-likeness (QED) is 0.271. The number of rotatable bonds is 7. The van der Waals surface area contributed by atoms with Gasteiger partial charge in [-0.15, -0.1) is 0 Å². The lowest BCUT2D eigenvalue weighted by atomic mass is 9.98. The Labute approximate surface area is 230 Å². The molecule has 11 nitrogen and oxygen atoms in total. The fourth-order valence-electron chi connectivity index (χ4n) is 4.49. The molecule has 4 N–H and O–H groups in total. The highest BCUT2D eigenvalue weighted by atomic mass is 32.2. The van der Waals surface area contributed by atoms with Gasteiger partial charge in [-0.1, -0.05) is 36.4 Å². The molecule has 5 rings (SSSR count). The van der Waals surface area contributed by atoms with Crippen molar-refractivity contribution in [3.8, 4) is 22.9 Å². The van der Waals surface area contributed by atoms with Crippen LogP contribution in [0.1, 0.15) is 24.2 Å². The Hall–Kier alpha value is -5.28. The number of nitrogens with two attached hydrogens (primary N) is 1. The van der Waals surface area contributed by atoms with Crippen molar-refractivity contribution in [2.45, 2.75) is 13.0 Å². The number of nitriles is 1. The van der Waals surface area contributed by atoms with E-state index in [4.69, 9.17) is 5.73 Å². The van der Waals surface area contributed by atoms with Crippen LogP contribution < -0.4 is 21.3 Å². The first-order valence-electron chi connectivity index (χ1n) is 12.1. The van der Waals surface area contributed by atoms with E-state index in [2.05, 4.69) is 31.1 Å². The van der Waals surface area contributed by atoms with Gasteiger partial charge in [0.2, 0.25) is 16.0 Å². The van der Waals surface area contributed by atoms with Crippen molar-refractivity contribution < 1.29 is 8.42 Å². The van der Waals surface area contributed by atoms with Crippen molar-refractivity contribution in [1.29, 1.82) is 5.26 Å². The number of nitrogens with one attached hydrogen (secondary N) is 2. The number of fused-ring (bicyclic) bond motifs is 1. The molecule has 0 aliphatic heterocycles. The molecule has 12 heteroatoms. The van der Waals surface area contributed by atoms with Gasteiger partial charge in [-0.25, -0.2) is 18.4 Å². The van der Waals surface area contributed by atoms with Crippen LogP contribution in [0.2, 0.25) is 0 Å². The normalized spacial score (nSPS) is 12.0. The molecule has 3 heterocycles. The van der Waals surface area contributed by atoms with Gasteiger partial charge in [-0.3, -0.25) is 14.1 Å². The summed E-state index contributed by atoms with van der Waals surface area (Å²) < 4.78 is 27.5. The number of sulfonamides is 1. The molecular weight excluding hydrogens is 528 g/mol. The number of para-hydroxylation sites is 1. The summed E-state index contributed by atoms with van der Waals surface area (Å²) in [6, 6.07) is 21.4. The zero-order valence-electron chi connectivity index (χ0n) is 21.5. The largest absolute Gasteiger partial charge is 0.368 e. The molecule has 0 aliphatic rings. The molecule has 0 radical (unpaired) electrons. The van der Waals surface area contributed by atoms with Gasteiger partial charge < -0.3 is 11.1 Å². The molecule has 0 saturated heterocycles. The second kappa shape index (κ2) is 10.5. The van der Waals surface area contributed by atoms with Crippen LogP contribution in [0.15, 0.2) is 83.9 Å². The third-order valence-electron chi connectivity index (χ3n) is 6.18. The van der Waals surface area contributed by atoms with Crippen LogP contribution in [-0.4, -0.2) is 34.2 Å². The summed E-state index contributed by atoms with van der Waals surface area (Å²) in [6.07, 6.45) is 3.87. The van der Waals surface area contributed by atoms with Gasteiger partial charge >= 0.3 is 0 Å². The SMILES string of the molecule is CC(Nc1nc(N)ncc1C#N)c1cc2cccc(-c3ccnc(NS(C)(=O)=O)c3)c2c(=O)n1-c1ccccc1. The van der Waals surface area contributed by atoms with Crippen LogP contribution in [0.25, 0.3) is 27.6 Å². The number of pyridine rings is 2. The molecule has 0 bridgehead atoms. The molecule has 2 aromatic carbocycles. The highest BCUT2D eigenvalue weighted by Crippen LogP contribution is 2.31. The first kappa shape index (κ1) is 26.3. The maximum atomic E-state index is 14.3. The van der Waals surface area contributed by atoms with Crippen molar-refractivity contribution in [3.63, 3.8) is 0 Å². The van der Waals surface area contributed by atoms with Crippen LogP contribution >= 0.6 is 0 Å². The summed E-state index contributed by atoms with van der Waals surface area (Å²) >= 11 is 0. The number of benzene rings is 2. The lowest BCUT2D eigenvalue weighted by molar-refractivity contribution is 0.606. The molecule has 1 atom stereocenters. The average Bonchev–Trinajstić information content (AvgIpc) is 2.92. The number of nitrogen functional groups attached to an aromatic ring is 1. The zero-order valence-corrected chi connectivity index (χ0v) is 22.3. The van der Waals surface area contributed by atoms with E-state index in [0.717, 1.165) is 6.26 Å². The smallest absolute Gasteiger partial charge is 0.263 e. The maximum absolute atomic E-state index is 14.3. The summed E-state index contributed by atoms with van der Waals surface area (Å²) in [6.45, 7) is 1.86. The number of nitrogens with zero attached hydrogens (tertiary/aromatic N) is 5. The topological polar surface area (TPSA) is 169 Å². The van der Waals surface area contributed by atoms with Crippen molar-refractivity contribution in [2.24, 2.45) is 0 Å². The Balaban J connectivity index is 1.72. The minimum Gasteiger partial charge on any atom is -0.368 e. The Morgan fingerprint density at radius 3 is 2.55 bits per heavy atom. The predicted molar refractivity (Wildman–Crippen MR) is 154 cm³/mol. The number of hydrogen-bond donors (Lipinski definition) is 3. The summed E-state index contributed by atoms with van der Waals surface area (Å²) in [5.41, 5.74) is 8.21. The molecule has 1 unspecified atom stereocenters. The van der Waals surface area contributed by atoms with Gasteiger partial charge in [0.25, 0.3) is 5.56 Å². The van der Waals surface area contributed by atoms with Gasteiger partial charge in [0, 0.05) is 17.6 Å². The zero-order chi connectivity index (χ0) is 28.4. The molecule has 200 valence electrons. The van der Waals surface area contributed by atoms with Crippen LogP contribution in [0, 0.1) is 11.3 Å². The molecular formula is C28H24N8O3S. The van der Waals surface area contributed by atoms with Gasteiger partial charge in [0.15, 0.2) is 0 Å². The maximum Gasteiger partial charge on any atom is 0.263 e. The Morgan fingerprint density at radius 1 is 1.05 bits per heavy atom. The van der Waals surface area contributed by atoms with E-state index in [9.17, 15) is 18.5 Å². The van der Waals surface area contributed by atoms with E-state index < -0.39 is 16.1 Å². The van der Waals surface area contributed by atoms with E-state index in [1.165, 1.54) is 12.4 Å². The predicted octanol–water partition coefficient (Wildman–Crippen LogP) is 3.84. The molecule has 0 aliphatic carbocycles. The fraction of sp³-hybridized carbons (Fsp3) is 0.107. The molecule has 3 aromatic heterocycles. The third-order valence-corrected chi connectivity index (χ3v) is 6.76. The highest BCUT2D eigenvalue weighted by Gasteiger charge is 2.20. The monoisotopic (exact) mass is 552 g/mol. The Kier molecular flexibility index (Phi) is 6.89. The van der Waals surface area contributed by atoms with Crippen molar-refractivity contribution >= 4 is 38.4 Å². The van der Waals surface area contributed by atoms with Crippen LogP contribution in [-0.2, 0) is 10.0 Å². The molecule has 0 spiro atoms. The minimum atomic E-state index is -3.54. The highest BCUT2D eigenvalue weighted by molar-refractivity contribution is 7.92. The number of aromatic nitrogens is 4. The second-order valence-corrected chi connectivity index (χ2v) is 10.8. The van der Waals surface area contributed by atoms with E-state index in [-0.39, 0.29) is 28.7 Å². The summed E-state index contributed by atoms with van der Waals surface area (Å²) in [4.78, 5) is 26.4. The van der Waals surface area contributed by atoms with E-state index in [1.807, 2.05) is 61.5 Å². The second-order valence-electron chi connectivity index (χ2n) is 9.09. The van der Waals surface area contributed by atoms with Crippen molar-refractivity contribution in [1.82, 2.24) is 19.5 Å². The summed E-state index contributed by atoms with van der Waals surface area (Å²) in [5, 5.41) is 13.9. The fourth-order valence-corrected chi connectivity index (χ4v) is 4.99. The molecule has 0 amide bonds. The number of anilines is 3. The third kappa shape index (κ3) is 5.31. The van der Waals surface area contributed by atoms with Crippen LogP contribution in [0.5, 0.6) is 0 Å². The molecule has 0 fully saturated rings. The standard InChI is InChI=1S/C28H24N8O3S/c1-17(33-26-20(15-29)16-32-28(30)34-26)23-13-19-7-6-10-22(18-11-12-31-24(14-18)35-40(2,38)39)25(19)27(37)36(23)21-8-4-3-5-9-21/h3-14,16-17H,1-2H3,(H,31,35)(H3,30,32,33,34). The molecule has 0 saturated carbocycles. The van der Waals surface area contributed by atoms with E-state index >= 15 is 0 Å². The van der Waals surface area contributed by atoms with Gasteiger partial charge in [-0.05, 0) is 53.8 Å². The first-order chi connectivity index (χ1) is 19.1. The summed E-state index contributed by atoms with van der Waals surface area (Å²) in [7, 11) is -3.54. The van der Waals surface area contributed by atoms with Gasteiger partial charge in [0.05, 0.1) is 23.9 Å². The minimum absolute atomic E-state index is 0.0133. The van der Waals surface area contributed by atoms with Crippen LogP contribution in [0.4, 0.5) is 17.6 Å². The van der Waals surface area contributed by atoms with Crippen molar-refractivity contribution in [2.75, 3.05) is 22.0 Å².